The van der Waals surface area contributed by atoms with E-state index in [-0.39, 0.29) is 37.0 Å². The molecule has 0 atom stereocenters. The molecule has 30 heavy (non-hydrogen) atoms. The maximum Gasteiger partial charge on any atom is 0.337 e. The Kier molecular flexibility index (Phi) is 9.07. The fraction of sp³-hybridized carbons (Fsp3) is 0.304. The zero-order valence-electron chi connectivity index (χ0n) is 17.0. The molecule has 2 rings (SSSR count). The van der Waals surface area contributed by atoms with Crippen LogP contribution in [0, 0.1) is 11.3 Å². The van der Waals surface area contributed by atoms with E-state index in [1.54, 1.807) is 29.2 Å². The molecule has 1 N–H and O–H groups in total. The molecule has 2 aromatic rings. The number of esters is 1. The number of rotatable bonds is 10. The average Bonchev–Trinajstić information content (AvgIpc) is 2.78. The molecule has 0 aliphatic heterocycles. The summed E-state index contributed by atoms with van der Waals surface area (Å²) in [5, 5.41) is 11.6. The number of ether oxygens (including phenoxy) is 1. The number of amides is 2. The summed E-state index contributed by atoms with van der Waals surface area (Å²) < 4.78 is 4.66. The number of nitrogens with zero attached hydrogens (tertiary/aromatic N) is 2. The van der Waals surface area contributed by atoms with Crippen molar-refractivity contribution >= 4 is 23.5 Å². The van der Waals surface area contributed by atoms with Gasteiger partial charge in [0.1, 0.15) is 0 Å². The number of benzene rings is 2. The normalized spacial score (nSPS) is 10.0. The van der Waals surface area contributed by atoms with Crippen molar-refractivity contribution in [1.82, 2.24) is 5.32 Å². The molecule has 0 fully saturated rings. The Bertz CT molecular complexity index is 889. The van der Waals surface area contributed by atoms with Gasteiger partial charge >= 0.3 is 5.97 Å². The van der Waals surface area contributed by atoms with Crippen LogP contribution in [0.25, 0.3) is 0 Å². The molecule has 0 radical (unpaired) electrons. The van der Waals surface area contributed by atoms with Gasteiger partial charge in [-0.2, -0.15) is 5.26 Å². The monoisotopic (exact) mass is 407 g/mol. The molecule has 0 aliphatic carbocycles. The van der Waals surface area contributed by atoms with Crippen LogP contribution in [0.2, 0.25) is 0 Å². The minimum atomic E-state index is -0.390. The summed E-state index contributed by atoms with van der Waals surface area (Å²) in [4.78, 5) is 37.6. The van der Waals surface area contributed by atoms with Crippen LogP contribution in [0.4, 0.5) is 5.69 Å². The molecule has 0 aliphatic rings. The number of para-hydroxylation sites is 1. The van der Waals surface area contributed by atoms with E-state index in [9.17, 15) is 14.4 Å². The lowest BCUT2D eigenvalue weighted by Crippen LogP contribution is -2.33. The molecule has 7 heteroatoms. The standard InChI is InChI=1S/C23H25N3O4/c1-30-23(29)19-10-8-18(9-11-19)14-16-25-21(27)12-13-22(28)26(17-5-15-24)20-6-3-2-4-7-20/h2-4,6-11H,5,12-14,16-17H2,1H3,(H,25,27). The van der Waals surface area contributed by atoms with Gasteiger partial charge in [0.25, 0.3) is 0 Å². The Labute approximate surface area is 176 Å². The average molecular weight is 407 g/mol. The van der Waals surface area contributed by atoms with E-state index < -0.39 is 0 Å². The van der Waals surface area contributed by atoms with Crippen LogP contribution >= 0.6 is 0 Å². The zero-order valence-corrected chi connectivity index (χ0v) is 17.0. The third-order valence-corrected chi connectivity index (χ3v) is 4.49. The quantitative estimate of drug-likeness (QED) is 0.611. The van der Waals surface area contributed by atoms with Crippen molar-refractivity contribution in [3.8, 4) is 6.07 Å². The highest BCUT2D eigenvalue weighted by Gasteiger charge is 2.16. The van der Waals surface area contributed by atoms with Crippen molar-refractivity contribution in [2.45, 2.75) is 25.7 Å². The van der Waals surface area contributed by atoms with Crippen molar-refractivity contribution < 1.29 is 19.1 Å². The number of nitrogens with one attached hydrogen (secondary N) is 1. The van der Waals surface area contributed by atoms with Gasteiger partial charge in [-0.1, -0.05) is 30.3 Å². The van der Waals surface area contributed by atoms with Gasteiger partial charge in [-0.15, -0.1) is 0 Å². The second-order valence-electron chi connectivity index (χ2n) is 6.58. The van der Waals surface area contributed by atoms with Crippen LogP contribution in [-0.4, -0.2) is 38.0 Å². The van der Waals surface area contributed by atoms with E-state index in [1.807, 2.05) is 36.4 Å². The maximum absolute atomic E-state index is 12.6. The number of carbonyl (C=O) groups excluding carboxylic acids is 3. The molecule has 0 unspecified atom stereocenters. The molecule has 0 saturated carbocycles. The van der Waals surface area contributed by atoms with Crippen molar-refractivity contribution in [3.63, 3.8) is 0 Å². The Hall–Kier alpha value is -3.66. The number of hydrogen-bond acceptors (Lipinski definition) is 5. The van der Waals surface area contributed by atoms with Crippen molar-refractivity contribution in [3.05, 3.63) is 65.7 Å². The first-order valence-corrected chi connectivity index (χ1v) is 9.71. The Morgan fingerprint density at radius 3 is 2.37 bits per heavy atom. The first kappa shape index (κ1) is 22.6. The van der Waals surface area contributed by atoms with Crippen LogP contribution in [0.5, 0.6) is 0 Å². The van der Waals surface area contributed by atoms with Crippen LogP contribution in [-0.2, 0) is 20.7 Å². The molecule has 0 bridgehead atoms. The highest BCUT2D eigenvalue weighted by Crippen LogP contribution is 2.15. The molecule has 156 valence electrons. The summed E-state index contributed by atoms with van der Waals surface area (Å²) in [7, 11) is 1.33. The predicted molar refractivity (Wildman–Crippen MR) is 113 cm³/mol. The van der Waals surface area contributed by atoms with Crippen LogP contribution in [0.15, 0.2) is 54.6 Å². The maximum atomic E-state index is 12.6. The molecule has 0 saturated heterocycles. The summed E-state index contributed by atoms with van der Waals surface area (Å²) in [6, 6.07) is 18.2. The van der Waals surface area contributed by atoms with Crippen molar-refractivity contribution in [2.75, 3.05) is 25.1 Å². The molecule has 0 aromatic heterocycles. The van der Waals surface area contributed by atoms with Crippen molar-refractivity contribution in [2.24, 2.45) is 0 Å². The minimum Gasteiger partial charge on any atom is -0.465 e. The lowest BCUT2D eigenvalue weighted by atomic mass is 10.1. The van der Waals surface area contributed by atoms with Gasteiger partial charge < -0.3 is 15.0 Å². The van der Waals surface area contributed by atoms with E-state index in [1.165, 1.54) is 7.11 Å². The highest BCUT2D eigenvalue weighted by molar-refractivity contribution is 5.95. The predicted octanol–water partition coefficient (Wildman–Crippen LogP) is 2.86. The first-order chi connectivity index (χ1) is 14.5. The second-order valence-corrected chi connectivity index (χ2v) is 6.58. The van der Waals surface area contributed by atoms with E-state index in [2.05, 4.69) is 10.1 Å². The Morgan fingerprint density at radius 1 is 1.03 bits per heavy atom. The van der Waals surface area contributed by atoms with Gasteiger partial charge in [0.05, 0.1) is 25.2 Å². The summed E-state index contributed by atoms with van der Waals surface area (Å²) >= 11 is 0. The summed E-state index contributed by atoms with van der Waals surface area (Å²) in [5.41, 5.74) is 2.17. The third-order valence-electron chi connectivity index (χ3n) is 4.49. The first-order valence-electron chi connectivity index (χ1n) is 9.71. The third kappa shape index (κ3) is 7.06. The van der Waals surface area contributed by atoms with Crippen molar-refractivity contribution in [1.29, 1.82) is 5.26 Å². The van der Waals surface area contributed by atoms with E-state index >= 15 is 0 Å². The topological polar surface area (TPSA) is 99.5 Å². The van der Waals surface area contributed by atoms with E-state index in [4.69, 9.17) is 5.26 Å². The Balaban J connectivity index is 1.78. The fourth-order valence-electron chi connectivity index (χ4n) is 2.88. The summed E-state index contributed by atoms with van der Waals surface area (Å²) in [6.07, 6.45) is 0.983. The molecule has 0 spiro atoms. The number of nitriles is 1. The van der Waals surface area contributed by atoms with Crippen LogP contribution in [0.3, 0.4) is 0 Å². The molecular weight excluding hydrogens is 382 g/mol. The number of anilines is 1. The summed E-state index contributed by atoms with van der Waals surface area (Å²) in [6.45, 7) is 0.726. The van der Waals surface area contributed by atoms with Crippen LogP contribution in [0.1, 0.15) is 35.2 Å². The van der Waals surface area contributed by atoms with Gasteiger partial charge in [-0.25, -0.2) is 4.79 Å². The van der Waals surface area contributed by atoms with Gasteiger partial charge in [0.15, 0.2) is 0 Å². The second kappa shape index (κ2) is 12.0. The summed E-state index contributed by atoms with van der Waals surface area (Å²) in [5.74, 6) is -0.785. The largest absolute Gasteiger partial charge is 0.465 e. The lowest BCUT2D eigenvalue weighted by molar-refractivity contribution is -0.125. The SMILES string of the molecule is COC(=O)c1ccc(CCNC(=O)CCC(=O)N(CCC#N)c2ccccc2)cc1. The van der Waals surface area contributed by atoms with Gasteiger partial charge in [-0.3, -0.25) is 9.59 Å². The smallest absolute Gasteiger partial charge is 0.337 e. The minimum absolute atomic E-state index is 0.0694. The lowest BCUT2D eigenvalue weighted by Gasteiger charge is -2.21. The molecular formula is C23H25N3O4. The zero-order chi connectivity index (χ0) is 21.8. The number of carbonyl (C=O) groups is 3. The van der Waals surface area contributed by atoms with Gasteiger partial charge in [0, 0.05) is 31.6 Å². The molecule has 7 nitrogen and oxygen atoms in total. The van der Waals surface area contributed by atoms with E-state index in [0.717, 1.165) is 5.56 Å². The molecule has 0 heterocycles. The van der Waals surface area contributed by atoms with Gasteiger partial charge in [0.2, 0.25) is 11.8 Å². The molecule has 2 amide bonds. The van der Waals surface area contributed by atoms with E-state index in [0.29, 0.717) is 30.8 Å². The number of methoxy groups -OCH3 is 1. The fourth-order valence-corrected chi connectivity index (χ4v) is 2.88. The Morgan fingerprint density at radius 2 is 1.73 bits per heavy atom. The van der Waals surface area contributed by atoms with Crippen LogP contribution < -0.4 is 10.2 Å². The molecule has 2 aromatic carbocycles. The van der Waals surface area contributed by atoms with Gasteiger partial charge in [-0.05, 0) is 36.2 Å². The number of hydrogen-bond donors (Lipinski definition) is 1. The highest BCUT2D eigenvalue weighted by atomic mass is 16.5.